The van der Waals surface area contributed by atoms with Crippen LogP contribution in [0, 0.1) is 0 Å². The van der Waals surface area contributed by atoms with Crippen LogP contribution in [0.1, 0.15) is 90.9 Å². The van der Waals surface area contributed by atoms with Crippen molar-refractivity contribution in [3.63, 3.8) is 0 Å². The molecule has 6 nitrogen and oxygen atoms in total. The summed E-state index contributed by atoms with van der Waals surface area (Å²) in [5.41, 5.74) is 0. The van der Waals surface area contributed by atoms with Crippen molar-refractivity contribution >= 4 is 35.8 Å². The number of ether oxygens (including phenoxy) is 1. The third-order valence-electron chi connectivity index (χ3n) is 5.50. The van der Waals surface area contributed by atoms with Crippen LogP contribution < -0.4 is 0 Å². The smallest absolute Gasteiger partial charge is 0.306 e. The van der Waals surface area contributed by atoms with Gasteiger partial charge in [0.2, 0.25) is 0 Å². The molecule has 0 aliphatic heterocycles. The predicted octanol–water partition coefficient (Wildman–Crippen LogP) is 4.37. The Morgan fingerprint density at radius 2 is 1.47 bits per heavy atom. The SMILES string of the molecule is CCC(CCC(O)CCCC(=O)OC(CCCC=O)CCC(CC)SCCO)SCCO. The van der Waals surface area contributed by atoms with Gasteiger partial charge in [-0.25, -0.2) is 0 Å². The molecule has 0 heterocycles. The number of esters is 1. The fraction of sp³-hybridized carbons (Fsp3) is 0.917. The summed E-state index contributed by atoms with van der Waals surface area (Å²) in [5.74, 6) is 1.22. The topological polar surface area (TPSA) is 104 Å². The minimum Gasteiger partial charge on any atom is -0.462 e. The molecular formula is C24H46O6S2. The van der Waals surface area contributed by atoms with Crippen LogP contribution >= 0.6 is 23.5 Å². The molecule has 0 aliphatic rings. The first kappa shape index (κ1) is 31.7. The van der Waals surface area contributed by atoms with E-state index in [4.69, 9.17) is 14.9 Å². The Labute approximate surface area is 203 Å². The second-order valence-electron chi connectivity index (χ2n) is 8.16. The molecule has 0 saturated carbocycles. The van der Waals surface area contributed by atoms with Gasteiger partial charge >= 0.3 is 5.97 Å². The van der Waals surface area contributed by atoms with Gasteiger partial charge in [0.1, 0.15) is 12.4 Å². The van der Waals surface area contributed by atoms with Crippen LogP contribution in [-0.2, 0) is 14.3 Å². The van der Waals surface area contributed by atoms with Crippen molar-refractivity contribution in [2.75, 3.05) is 24.7 Å². The molecule has 0 aliphatic carbocycles. The van der Waals surface area contributed by atoms with Gasteiger partial charge in [-0.1, -0.05) is 13.8 Å². The number of unbranched alkanes of at least 4 members (excludes halogenated alkanes) is 1. The fourth-order valence-electron chi connectivity index (χ4n) is 3.56. The lowest BCUT2D eigenvalue weighted by molar-refractivity contribution is -0.150. The zero-order valence-electron chi connectivity index (χ0n) is 20.1. The monoisotopic (exact) mass is 494 g/mol. The maximum Gasteiger partial charge on any atom is 0.306 e. The molecule has 0 spiro atoms. The van der Waals surface area contributed by atoms with Crippen LogP contribution in [0.15, 0.2) is 0 Å². The number of aldehydes is 1. The Balaban J connectivity index is 4.30. The maximum absolute atomic E-state index is 12.3. The number of rotatable bonds is 23. The van der Waals surface area contributed by atoms with E-state index in [-0.39, 0.29) is 25.3 Å². The summed E-state index contributed by atoms with van der Waals surface area (Å²) in [4.78, 5) is 23.0. The molecule has 0 aromatic rings. The zero-order chi connectivity index (χ0) is 24.0. The Morgan fingerprint density at radius 1 is 0.875 bits per heavy atom. The zero-order valence-corrected chi connectivity index (χ0v) is 21.7. The molecule has 0 fully saturated rings. The van der Waals surface area contributed by atoms with Gasteiger partial charge < -0.3 is 24.9 Å². The summed E-state index contributed by atoms with van der Waals surface area (Å²) >= 11 is 3.50. The molecule has 4 unspecified atom stereocenters. The van der Waals surface area contributed by atoms with Crippen LogP contribution in [0.5, 0.6) is 0 Å². The second-order valence-corrected chi connectivity index (χ2v) is 11.0. The Kier molecular flexibility index (Phi) is 22.3. The first-order chi connectivity index (χ1) is 15.5. The van der Waals surface area contributed by atoms with Gasteiger partial charge in [0.25, 0.3) is 0 Å². The van der Waals surface area contributed by atoms with E-state index in [2.05, 4.69) is 13.8 Å². The minimum absolute atomic E-state index is 0.172. The number of carbonyl (C=O) groups excluding carboxylic acids is 2. The number of aliphatic hydroxyl groups excluding tert-OH is 3. The van der Waals surface area contributed by atoms with Crippen molar-refractivity contribution < 1.29 is 29.6 Å². The molecule has 32 heavy (non-hydrogen) atoms. The highest BCUT2D eigenvalue weighted by Gasteiger charge is 2.18. The number of carbonyl (C=O) groups is 2. The molecule has 0 amide bonds. The van der Waals surface area contributed by atoms with Crippen molar-refractivity contribution in [2.24, 2.45) is 0 Å². The Morgan fingerprint density at radius 3 is 2.00 bits per heavy atom. The fourth-order valence-corrected chi connectivity index (χ4v) is 5.52. The molecule has 0 radical (unpaired) electrons. The van der Waals surface area contributed by atoms with Crippen LogP contribution in [0.25, 0.3) is 0 Å². The lowest BCUT2D eigenvalue weighted by atomic mass is 10.0. The summed E-state index contributed by atoms with van der Waals surface area (Å²) in [6.45, 7) is 4.60. The third-order valence-corrected chi connectivity index (χ3v) is 8.41. The van der Waals surface area contributed by atoms with Crippen LogP contribution in [0.4, 0.5) is 0 Å². The molecule has 4 atom stereocenters. The normalized spacial score (nSPS) is 15.2. The number of hydrogen-bond donors (Lipinski definition) is 3. The molecule has 0 saturated heterocycles. The number of thioether (sulfide) groups is 2. The van der Waals surface area contributed by atoms with E-state index in [1.165, 1.54) is 0 Å². The highest BCUT2D eigenvalue weighted by Crippen LogP contribution is 2.24. The quantitative estimate of drug-likeness (QED) is 0.109. The van der Waals surface area contributed by atoms with Crippen LogP contribution in [0.3, 0.4) is 0 Å². The summed E-state index contributed by atoms with van der Waals surface area (Å²) < 4.78 is 5.72. The van der Waals surface area contributed by atoms with Gasteiger partial charge in [-0.3, -0.25) is 4.79 Å². The highest BCUT2D eigenvalue weighted by atomic mass is 32.2. The van der Waals surface area contributed by atoms with Crippen molar-refractivity contribution in [3.8, 4) is 0 Å². The number of aliphatic hydroxyl groups is 3. The van der Waals surface area contributed by atoms with Gasteiger partial charge in [-0.15, -0.1) is 0 Å². The van der Waals surface area contributed by atoms with E-state index >= 15 is 0 Å². The van der Waals surface area contributed by atoms with Crippen molar-refractivity contribution in [1.82, 2.24) is 0 Å². The van der Waals surface area contributed by atoms with E-state index in [9.17, 15) is 14.7 Å². The molecular weight excluding hydrogens is 448 g/mol. The second kappa shape index (κ2) is 22.5. The van der Waals surface area contributed by atoms with E-state index < -0.39 is 6.10 Å². The van der Waals surface area contributed by atoms with Gasteiger partial charge in [-0.2, -0.15) is 23.5 Å². The van der Waals surface area contributed by atoms with Crippen LogP contribution in [0.2, 0.25) is 0 Å². The molecule has 0 bridgehead atoms. The first-order valence-electron chi connectivity index (χ1n) is 12.3. The third kappa shape index (κ3) is 18.2. The van der Waals surface area contributed by atoms with E-state index in [1.54, 1.807) is 23.5 Å². The van der Waals surface area contributed by atoms with Gasteiger partial charge in [0.15, 0.2) is 0 Å². The van der Waals surface area contributed by atoms with Gasteiger partial charge in [0.05, 0.1) is 19.3 Å². The largest absolute Gasteiger partial charge is 0.462 e. The average molecular weight is 495 g/mol. The lowest BCUT2D eigenvalue weighted by Gasteiger charge is -2.21. The van der Waals surface area contributed by atoms with Crippen molar-refractivity contribution in [1.29, 1.82) is 0 Å². The molecule has 0 rings (SSSR count). The van der Waals surface area contributed by atoms with Crippen molar-refractivity contribution in [3.05, 3.63) is 0 Å². The predicted molar refractivity (Wildman–Crippen MR) is 135 cm³/mol. The maximum atomic E-state index is 12.3. The standard InChI is InChI=1S/C24H46O6S2/c1-3-22(31-18-16-26)13-11-20(28)8-7-10-24(29)30-21(9-5-6-15-25)12-14-23(4-2)32-19-17-27/h15,20-23,26-28H,3-14,16-19H2,1-2H3. The van der Waals surface area contributed by atoms with Crippen LogP contribution in [-0.4, -0.2) is 75.0 Å². The van der Waals surface area contributed by atoms with E-state index in [0.29, 0.717) is 55.4 Å². The van der Waals surface area contributed by atoms with Gasteiger partial charge in [0, 0.05) is 34.8 Å². The Hall–Kier alpha value is -0.280. The summed E-state index contributed by atoms with van der Waals surface area (Å²) in [7, 11) is 0. The van der Waals surface area contributed by atoms with E-state index in [1.807, 2.05) is 0 Å². The average Bonchev–Trinajstić information content (AvgIpc) is 2.79. The first-order valence-corrected chi connectivity index (χ1v) is 14.4. The minimum atomic E-state index is -0.413. The highest BCUT2D eigenvalue weighted by molar-refractivity contribution is 8.00. The van der Waals surface area contributed by atoms with Crippen molar-refractivity contribution in [2.45, 2.75) is 114 Å². The summed E-state index contributed by atoms with van der Waals surface area (Å²) in [6, 6.07) is 0. The molecule has 8 heteroatoms. The van der Waals surface area contributed by atoms with Gasteiger partial charge in [-0.05, 0) is 64.2 Å². The van der Waals surface area contributed by atoms with E-state index in [0.717, 1.165) is 49.9 Å². The summed E-state index contributed by atoms with van der Waals surface area (Å²) in [6.07, 6.45) is 9.04. The number of hydrogen-bond acceptors (Lipinski definition) is 8. The molecule has 190 valence electrons. The molecule has 0 aromatic carbocycles. The summed E-state index contributed by atoms with van der Waals surface area (Å²) in [5, 5.41) is 29.1. The molecule has 3 N–H and O–H groups in total. The Bertz CT molecular complexity index is 452. The lowest BCUT2D eigenvalue weighted by Crippen LogP contribution is -2.20. The molecule has 0 aromatic heterocycles.